The summed E-state index contributed by atoms with van der Waals surface area (Å²) in [5.74, 6) is 1.05. The SMILES string of the molecule is O=C(c1cccc(Cn2cccn2)c1)N1CCC[C@@H]1c1n[nH]c(Cc2ccc(F)cc2)n1. The third-order valence-electron chi connectivity index (χ3n) is 5.72. The molecule has 1 saturated heterocycles. The first-order valence-electron chi connectivity index (χ1n) is 10.7. The average Bonchev–Trinajstić information content (AvgIpc) is 3.57. The molecule has 4 aromatic rings. The minimum absolute atomic E-state index is 0.0142. The van der Waals surface area contributed by atoms with E-state index in [0.29, 0.717) is 36.7 Å². The van der Waals surface area contributed by atoms with Crippen LogP contribution in [0.3, 0.4) is 0 Å². The minimum Gasteiger partial charge on any atom is -0.328 e. The van der Waals surface area contributed by atoms with E-state index in [0.717, 1.165) is 24.0 Å². The molecule has 0 saturated carbocycles. The number of likely N-dealkylation sites (tertiary alicyclic amines) is 1. The predicted molar refractivity (Wildman–Crippen MR) is 116 cm³/mol. The van der Waals surface area contributed by atoms with E-state index in [1.54, 1.807) is 18.3 Å². The molecule has 1 N–H and O–H groups in total. The fourth-order valence-electron chi connectivity index (χ4n) is 4.16. The number of hydrogen-bond acceptors (Lipinski definition) is 4. The fourth-order valence-corrected chi connectivity index (χ4v) is 4.16. The summed E-state index contributed by atoms with van der Waals surface area (Å²) in [6.45, 7) is 1.29. The van der Waals surface area contributed by atoms with Crippen molar-refractivity contribution in [2.75, 3.05) is 6.54 Å². The first-order valence-corrected chi connectivity index (χ1v) is 10.7. The van der Waals surface area contributed by atoms with Gasteiger partial charge >= 0.3 is 0 Å². The number of nitrogens with one attached hydrogen (secondary N) is 1. The van der Waals surface area contributed by atoms with Crippen molar-refractivity contribution in [1.29, 1.82) is 0 Å². The van der Waals surface area contributed by atoms with Crippen molar-refractivity contribution in [3.8, 4) is 0 Å². The molecule has 0 radical (unpaired) electrons. The van der Waals surface area contributed by atoms with Crippen LogP contribution in [0.1, 0.15) is 52.0 Å². The Morgan fingerprint density at radius 3 is 2.81 bits per heavy atom. The van der Waals surface area contributed by atoms with Gasteiger partial charge in [-0.1, -0.05) is 24.3 Å². The molecule has 1 aliphatic heterocycles. The van der Waals surface area contributed by atoms with Gasteiger partial charge in [0.2, 0.25) is 0 Å². The summed E-state index contributed by atoms with van der Waals surface area (Å²) in [7, 11) is 0. The molecule has 1 fully saturated rings. The van der Waals surface area contributed by atoms with Crippen LogP contribution in [0.2, 0.25) is 0 Å². The molecule has 1 amide bonds. The second-order valence-corrected chi connectivity index (χ2v) is 8.00. The number of amides is 1. The van der Waals surface area contributed by atoms with Crippen molar-refractivity contribution in [2.24, 2.45) is 0 Å². The summed E-state index contributed by atoms with van der Waals surface area (Å²) in [5.41, 5.74) is 2.63. The van der Waals surface area contributed by atoms with Gasteiger partial charge in [-0.3, -0.25) is 14.6 Å². The van der Waals surface area contributed by atoms with Gasteiger partial charge in [-0.2, -0.15) is 10.2 Å². The Kier molecular flexibility index (Phi) is 5.49. The Bertz CT molecular complexity index is 1200. The molecule has 0 aliphatic carbocycles. The van der Waals surface area contributed by atoms with E-state index in [1.807, 2.05) is 46.1 Å². The molecule has 7 nitrogen and oxygen atoms in total. The van der Waals surface area contributed by atoms with E-state index in [4.69, 9.17) is 0 Å². The highest BCUT2D eigenvalue weighted by Gasteiger charge is 2.33. The molecular weight excluding hydrogens is 407 g/mol. The molecule has 1 aliphatic rings. The number of carbonyl (C=O) groups is 1. The number of carbonyl (C=O) groups excluding carboxylic acids is 1. The maximum atomic E-state index is 13.3. The van der Waals surface area contributed by atoms with Crippen LogP contribution in [0.15, 0.2) is 67.0 Å². The second kappa shape index (κ2) is 8.74. The Morgan fingerprint density at radius 2 is 2.00 bits per heavy atom. The first kappa shape index (κ1) is 20.1. The lowest BCUT2D eigenvalue weighted by Gasteiger charge is -2.23. The summed E-state index contributed by atoms with van der Waals surface area (Å²) in [6.07, 6.45) is 5.91. The highest BCUT2D eigenvalue weighted by Crippen LogP contribution is 2.31. The van der Waals surface area contributed by atoms with Crippen LogP contribution in [0.4, 0.5) is 4.39 Å². The number of halogens is 1. The van der Waals surface area contributed by atoms with E-state index in [9.17, 15) is 9.18 Å². The van der Waals surface area contributed by atoms with Gasteiger partial charge in [0.1, 0.15) is 11.6 Å². The summed E-state index contributed by atoms with van der Waals surface area (Å²) in [4.78, 5) is 19.8. The summed E-state index contributed by atoms with van der Waals surface area (Å²) >= 11 is 0. The lowest BCUT2D eigenvalue weighted by atomic mass is 10.1. The molecule has 0 unspecified atom stereocenters. The molecule has 0 spiro atoms. The van der Waals surface area contributed by atoms with Gasteiger partial charge in [0.05, 0.1) is 12.6 Å². The Balaban J connectivity index is 1.31. The zero-order chi connectivity index (χ0) is 21.9. The van der Waals surface area contributed by atoms with Crippen molar-refractivity contribution in [2.45, 2.75) is 31.8 Å². The van der Waals surface area contributed by atoms with E-state index in [2.05, 4.69) is 20.3 Å². The number of nitrogens with zero attached hydrogens (tertiary/aromatic N) is 5. The van der Waals surface area contributed by atoms with Crippen molar-refractivity contribution in [3.05, 3.63) is 101 Å². The van der Waals surface area contributed by atoms with Gasteiger partial charge in [-0.05, 0) is 54.3 Å². The molecule has 5 rings (SSSR count). The number of benzene rings is 2. The highest BCUT2D eigenvalue weighted by molar-refractivity contribution is 5.94. The van der Waals surface area contributed by atoms with Crippen LogP contribution in [0, 0.1) is 5.82 Å². The third kappa shape index (κ3) is 4.30. The van der Waals surface area contributed by atoms with Gasteiger partial charge in [0.15, 0.2) is 5.82 Å². The van der Waals surface area contributed by atoms with Gasteiger partial charge in [-0.25, -0.2) is 9.37 Å². The monoisotopic (exact) mass is 430 g/mol. The number of rotatable bonds is 6. The minimum atomic E-state index is -0.263. The highest BCUT2D eigenvalue weighted by atomic mass is 19.1. The molecule has 2 aromatic heterocycles. The van der Waals surface area contributed by atoms with Crippen LogP contribution in [0.25, 0.3) is 0 Å². The molecule has 8 heteroatoms. The van der Waals surface area contributed by atoms with Crippen molar-refractivity contribution < 1.29 is 9.18 Å². The van der Waals surface area contributed by atoms with Crippen LogP contribution < -0.4 is 0 Å². The fraction of sp³-hybridized carbons (Fsp3) is 0.250. The first-order chi connectivity index (χ1) is 15.7. The van der Waals surface area contributed by atoms with Crippen molar-refractivity contribution >= 4 is 5.91 Å². The Hall–Kier alpha value is -3.81. The zero-order valence-electron chi connectivity index (χ0n) is 17.5. The second-order valence-electron chi connectivity index (χ2n) is 8.00. The van der Waals surface area contributed by atoms with Crippen molar-refractivity contribution in [1.82, 2.24) is 29.9 Å². The largest absolute Gasteiger partial charge is 0.328 e. The number of hydrogen-bond donors (Lipinski definition) is 1. The van der Waals surface area contributed by atoms with Crippen LogP contribution in [-0.4, -0.2) is 42.3 Å². The van der Waals surface area contributed by atoms with Gasteiger partial charge < -0.3 is 4.90 Å². The summed E-state index contributed by atoms with van der Waals surface area (Å²) in [5, 5.41) is 11.6. The van der Waals surface area contributed by atoms with Crippen LogP contribution >= 0.6 is 0 Å². The molecule has 0 bridgehead atoms. The standard InChI is InChI=1S/C24H23FN6O/c25-20-9-7-17(8-10-20)15-22-27-23(29-28-22)21-6-2-13-31(21)24(32)19-5-1-4-18(14-19)16-30-12-3-11-26-30/h1,3-5,7-12,14,21H,2,6,13,15-16H2,(H,27,28,29)/t21-/m1/s1. The maximum Gasteiger partial charge on any atom is 0.254 e. The quantitative estimate of drug-likeness (QED) is 0.505. The normalized spacial score (nSPS) is 15.9. The van der Waals surface area contributed by atoms with Crippen molar-refractivity contribution in [3.63, 3.8) is 0 Å². The summed E-state index contributed by atoms with van der Waals surface area (Å²) < 4.78 is 15.0. The number of aromatic amines is 1. The van der Waals surface area contributed by atoms with E-state index in [-0.39, 0.29) is 17.8 Å². The van der Waals surface area contributed by atoms with E-state index >= 15 is 0 Å². The van der Waals surface area contributed by atoms with Crippen LogP contribution in [-0.2, 0) is 13.0 Å². The predicted octanol–water partition coefficient (Wildman–Crippen LogP) is 3.76. The Labute approximate surface area is 184 Å². The number of H-pyrrole nitrogens is 1. The lowest BCUT2D eigenvalue weighted by molar-refractivity contribution is 0.0730. The van der Waals surface area contributed by atoms with E-state index in [1.165, 1.54) is 12.1 Å². The zero-order valence-corrected chi connectivity index (χ0v) is 17.5. The summed E-state index contributed by atoms with van der Waals surface area (Å²) in [6, 6.07) is 15.7. The molecule has 2 aromatic carbocycles. The van der Waals surface area contributed by atoms with Gasteiger partial charge in [0, 0.05) is 30.9 Å². The lowest BCUT2D eigenvalue weighted by Crippen LogP contribution is -2.31. The Morgan fingerprint density at radius 1 is 1.12 bits per heavy atom. The number of aromatic nitrogens is 5. The third-order valence-corrected chi connectivity index (χ3v) is 5.72. The smallest absolute Gasteiger partial charge is 0.254 e. The molecular formula is C24H23FN6O. The van der Waals surface area contributed by atoms with Gasteiger partial charge in [-0.15, -0.1) is 0 Å². The topological polar surface area (TPSA) is 79.7 Å². The van der Waals surface area contributed by atoms with Gasteiger partial charge in [0.25, 0.3) is 5.91 Å². The van der Waals surface area contributed by atoms with Crippen LogP contribution in [0.5, 0.6) is 0 Å². The molecule has 3 heterocycles. The molecule has 1 atom stereocenters. The molecule has 32 heavy (non-hydrogen) atoms. The average molecular weight is 430 g/mol. The maximum absolute atomic E-state index is 13.3. The molecule has 162 valence electrons. The van der Waals surface area contributed by atoms with E-state index < -0.39 is 0 Å².